The van der Waals surface area contributed by atoms with Crippen molar-refractivity contribution in [3.05, 3.63) is 23.5 Å². The zero-order valence-electron chi connectivity index (χ0n) is 13.8. The number of allylic oxidation sites excluding steroid dienone is 2. The summed E-state index contributed by atoms with van der Waals surface area (Å²) in [5.41, 5.74) is 0.688. The lowest BCUT2D eigenvalue weighted by Gasteiger charge is -2.56. The van der Waals surface area contributed by atoms with Gasteiger partial charge in [0, 0.05) is 5.41 Å². The molecule has 0 saturated heterocycles. The molecule has 2 heteroatoms. The molecule has 0 fully saturated rings. The molecule has 0 bridgehead atoms. The molecule has 1 rings (SSSR count). The number of aliphatic hydroxyl groups is 1. The number of rotatable bonds is 2. The second-order valence-corrected chi connectivity index (χ2v) is 7.64. The van der Waals surface area contributed by atoms with Crippen molar-refractivity contribution in [2.75, 3.05) is 6.61 Å². The van der Waals surface area contributed by atoms with Gasteiger partial charge in [0.25, 0.3) is 0 Å². The third-order valence-electron chi connectivity index (χ3n) is 4.32. The van der Waals surface area contributed by atoms with Gasteiger partial charge in [-0.3, -0.25) is 0 Å². The van der Waals surface area contributed by atoms with Crippen LogP contribution in [0.5, 0.6) is 0 Å². The Hall–Kier alpha value is -0.760. The van der Waals surface area contributed by atoms with Gasteiger partial charge in [0.15, 0.2) is 0 Å². The normalized spacial score (nSPS) is 23.7. The SMILES string of the molecule is CCOC1=CC(C)=CC(C(C)(C)C)(C(C)(C)C)C1O. The molecule has 0 aromatic heterocycles. The number of ether oxygens (including phenoxy) is 1. The fourth-order valence-corrected chi connectivity index (χ4v) is 3.67. The second-order valence-electron chi connectivity index (χ2n) is 7.64. The van der Waals surface area contributed by atoms with Crippen LogP contribution in [0.4, 0.5) is 0 Å². The zero-order chi connectivity index (χ0) is 15.1. The Morgan fingerprint density at radius 2 is 1.63 bits per heavy atom. The third-order valence-corrected chi connectivity index (χ3v) is 4.32. The van der Waals surface area contributed by atoms with E-state index >= 15 is 0 Å². The van der Waals surface area contributed by atoms with Crippen LogP contribution in [0.1, 0.15) is 55.4 Å². The molecule has 0 radical (unpaired) electrons. The van der Waals surface area contributed by atoms with Gasteiger partial charge in [0.05, 0.1) is 6.61 Å². The van der Waals surface area contributed by atoms with Gasteiger partial charge in [0.1, 0.15) is 11.9 Å². The zero-order valence-corrected chi connectivity index (χ0v) is 13.8. The van der Waals surface area contributed by atoms with Gasteiger partial charge in [-0.25, -0.2) is 0 Å². The molecule has 0 spiro atoms. The second kappa shape index (κ2) is 4.97. The minimum absolute atomic E-state index is 0.0669. The summed E-state index contributed by atoms with van der Waals surface area (Å²) in [5, 5.41) is 11.0. The molecule has 1 unspecified atom stereocenters. The first kappa shape index (κ1) is 16.3. The van der Waals surface area contributed by atoms with Crippen molar-refractivity contribution in [3.63, 3.8) is 0 Å². The van der Waals surface area contributed by atoms with E-state index in [2.05, 4.69) is 54.5 Å². The van der Waals surface area contributed by atoms with E-state index in [0.717, 1.165) is 0 Å². The maximum absolute atomic E-state index is 11.0. The van der Waals surface area contributed by atoms with Gasteiger partial charge >= 0.3 is 0 Å². The molecule has 0 aliphatic heterocycles. The summed E-state index contributed by atoms with van der Waals surface area (Å²) in [6.45, 7) is 17.8. The molecule has 2 nitrogen and oxygen atoms in total. The summed E-state index contributed by atoms with van der Waals surface area (Å²) in [6.07, 6.45) is 3.60. The average molecular weight is 266 g/mol. The van der Waals surface area contributed by atoms with Crippen LogP contribution in [0.25, 0.3) is 0 Å². The molecule has 110 valence electrons. The topological polar surface area (TPSA) is 29.5 Å². The average Bonchev–Trinajstić information content (AvgIpc) is 2.19. The number of hydrogen-bond donors (Lipinski definition) is 1. The molecule has 0 aromatic carbocycles. The van der Waals surface area contributed by atoms with Crippen molar-refractivity contribution >= 4 is 0 Å². The van der Waals surface area contributed by atoms with E-state index in [1.54, 1.807) is 0 Å². The summed E-state index contributed by atoms with van der Waals surface area (Å²) in [6, 6.07) is 0. The van der Waals surface area contributed by atoms with Crippen molar-refractivity contribution in [2.24, 2.45) is 16.2 Å². The van der Waals surface area contributed by atoms with Crippen molar-refractivity contribution in [1.82, 2.24) is 0 Å². The van der Waals surface area contributed by atoms with Crippen LogP contribution < -0.4 is 0 Å². The Morgan fingerprint density at radius 3 is 2.00 bits per heavy atom. The quantitative estimate of drug-likeness (QED) is 0.807. The highest BCUT2D eigenvalue weighted by atomic mass is 16.5. The van der Waals surface area contributed by atoms with Crippen LogP contribution in [-0.2, 0) is 4.74 Å². The lowest BCUT2D eigenvalue weighted by molar-refractivity contribution is -0.0965. The number of aliphatic hydroxyl groups excluding tert-OH is 1. The van der Waals surface area contributed by atoms with E-state index in [1.807, 2.05) is 13.0 Å². The van der Waals surface area contributed by atoms with E-state index in [-0.39, 0.29) is 16.2 Å². The fourth-order valence-electron chi connectivity index (χ4n) is 3.67. The van der Waals surface area contributed by atoms with Crippen LogP contribution >= 0.6 is 0 Å². The Bertz CT molecular complexity index is 374. The van der Waals surface area contributed by atoms with Gasteiger partial charge in [-0.2, -0.15) is 0 Å². The summed E-state index contributed by atoms with van der Waals surface area (Å²) in [7, 11) is 0. The van der Waals surface area contributed by atoms with Crippen molar-refractivity contribution in [1.29, 1.82) is 0 Å². The monoisotopic (exact) mass is 266 g/mol. The summed E-state index contributed by atoms with van der Waals surface area (Å²) < 4.78 is 5.68. The first-order valence-electron chi connectivity index (χ1n) is 7.19. The van der Waals surface area contributed by atoms with Crippen molar-refractivity contribution < 1.29 is 9.84 Å². The van der Waals surface area contributed by atoms with Gasteiger partial charge in [-0.15, -0.1) is 0 Å². The molecule has 0 heterocycles. The van der Waals surface area contributed by atoms with Gasteiger partial charge in [-0.1, -0.05) is 53.2 Å². The molecule has 19 heavy (non-hydrogen) atoms. The lowest BCUT2D eigenvalue weighted by Crippen LogP contribution is -2.55. The Morgan fingerprint density at radius 1 is 1.16 bits per heavy atom. The van der Waals surface area contributed by atoms with Gasteiger partial charge < -0.3 is 9.84 Å². The molecule has 1 aliphatic carbocycles. The first-order chi connectivity index (χ1) is 8.47. The van der Waals surface area contributed by atoms with Crippen LogP contribution in [0.3, 0.4) is 0 Å². The summed E-state index contributed by atoms with van der Waals surface area (Å²) >= 11 is 0. The van der Waals surface area contributed by atoms with Gasteiger partial charge in [0.2, 0.25) is 0 Å². The predicted octanol–water partition coefficient (Wildman–Crippen LogP) is 4.31. The predicted molar refractivity (Wildman–Crippen MR) is 80.8 cm³/mol. The maximum Gasteiger partial charge on any atom is 0.126 e. The molecule has 1 atom stereocenters. The maximum atomic E-state index is 11.0. The summed E-state index contributed by atoms with van der Waals surface area (Å²) in [5.74, 6) is 0.701. The third kappa shape index (κ3) is 2.60. The molecule has 0 amide bonds. The minimum atomic E-state index is -0.601. The van der Waals surface area contributed by atoms with Crippen LogP contribution in [0, 0.1) is 16.2 Å². The lowest BCUT2D eigenvalue weighted by atomic mass is 9.50. The highest BCUT2D eigenvalue weighted by molar-refractivity contribution is 5.35. The van der Waals surface area contributed by atoms with Crippen molar-refractivity contribution in [3.8, 4) is 0 Å². The van der Waals surface area contributed by atoms with Crippen molar-refractivity contribution in [2.45, 2.75) is 61.5 Å². The Balaban J connectivity index is 3.46. The number of hydrogen-bond acceptors (Lipinski definition) is 2. The van der Waals surface area contributed by atoms with E-state index in [0.29, 0.717) is 12.4 Å². The molecule has 1 N–H and O–H groups in total. The largest absolute Gasteiger partial charge is 0.495 e. The van der Waals surface area contributed by atoms with Gasteiger partial charge in [-0.05, 0) is 30.8 Å². The summed E-state index contributed by atoms with van der Waals surface area (Å²) in [4.78, 5) is 0. The molecule has 1 aliphatic rings. The first-order valence-corrected chi connectivity index (χ1v) is 7.19. The molecular formula is C17H30O2. The smallest absolute Gasteiger partial charge is 0.126 e. The molecular weight excluding hydrogens is 236 g/mol. The van der Waals surface area contributed by atoms with E-state index < -0.39 is 6.10 Å². The van der Waals surface area contributed by atoms with E-state index in [9.17, 15) is 5.11 Å². The van der Waals surface area contributed by atoms with E-state index in [4.69, 9.17) is 4.74 Å². The van der Waals surface area contributed by atoms with Crippen LogP contribution in [-0.4, -0.2) is 17.8 Å². The minimum Gasteiger partial charge on any atom is -0.495 e. The highest BCUT2D eigenvalue weighted by Gasteiger charge is 2.56. The fraction of sp³-hybridized carbons (Fsp3) is 0.765. The Labute approximate surface area is 118 Å². The van der Waals surface area contributed by atoms with Crippen LogP contribution in [0.2, 0.25) is 0 Å². The molecule has 0 aromatic rings. The standard InChI is InChI=1S/C17H30O2/c1-9-19-13-10-12(2)11-17(14(13)18,15(3,4)5)16(6,7)8/h10-11,14,18H,9H2,1-8H3. The molecule has 0 saturated carbocycles. The van der Waals surface area contributed by atoms with Crippen LogP contribution in [0.15, 0.2) is 23.5 Å². The highest BCUT2D eigenvalue weighted by Crippen LogP contribution is 2.58. The Kier molecular flexibility index (Phi) is 4.26. The van der Waals surface area contributed by atoms with E-state index in [1.165, 1.54) is 5.57 Å².